The molecule has 3 nitrogen and oxygen atoms in total. The maximum Gasteiger partial charge on any atom is 0.253 e. The highest BCUT2D eigenvalue weighted by Crippen LogP contribution is 2.38. The number of hydrogen-bond acceptors (Lipinski definition) is 3. The van der Waals surface area contributed by atoms with Gasteiger partial charge in [0.15, 0.2) is 0 Å². The fourth-order valence-electron chi connectivity index (χ4n) is 3.11. The molecule has 124 valence electrons. The van der Waals surface area contributed by atoms with E-state index in [1.165, 1.54) is 0 Å². The van der Waals surface area contributed by atoms with Crippen LogP contribution in [0.5, 0.6) is 5.75 Å². The third-order valence-electron chi connectivity index (χ3n) is 4.34. The Labute approximate surface area is 147 Å². The van der Waals surface area contributed by atoms with Crippen LogP contribution in [0, 0.1) is 0 Å². The van der Waals surface area contributed by atoms with Gasteiger partial charge in [-0.25, -0.2) is 0 Å². The van der Waals surface area contributed by atoms with Crippen LogP contribution < -0.4 is 9.64 Å². The monoisotopic (exact) mass is 341 g/mol. The molecule has 0 spiro atoms. The van der Waals surface area contributed by atoms with E-state index in [4.69, 9.17) is 16.3 Å². The standard InChI is InChI=1S/C20H20ClNO2/c1-3-22(4-2)14-9-10-17-16(11-12-24-19(17)13-14)15-7-5-6-8-18(15)20(21)23/h5-11,13H,3-4,12H2,1-2H3. The van der Waals surface area contributed by atoms with Crippen molar-refractivity contribution in [3.8, 4) is 5.75 Å². The number of hydrogen-bond donors (Lipinski definition) is 0. The highest BCUT2D eigenvalue weighted by molar-refractivity contribution is 6.68. The quantitative estimate of drug-likeness (QED) is 0.736. The topological polar surface area (TPSA) is 29.5 Å². The number of benzene rings is 2. The van der Waals surface area contributed by atoms with Crippen LogP contribution >= 0.6 is 11.6 Å². The van der Waals surface area contributed by atoms with E-state index in [1.54, 1.807) is 6.07 Å². The lowest BCUT2D eigenvalue weighted by Crippen LogP contribution is -2.22. The summed E-state index contributed by atoms with van der Waals surface area (Å²) >= 11 is 5.75. The molecule has 1 aliphatic heterocycles. The van der Waals surface area contributed by atoms with Crippen molar-refractivity contribution >= 4 is 28.1 Å². The van der Waals surface area contributed by atoms with Crippen LogP contribution in [0.25, 0.3) is 5.57 Å². The van der Waals surface area contributed by atoms with Crippen LogP contribution in [0.1, 0.15) is 35.3 Å². The smallest absolute Gasteiger partial charge is 0.253 e. The van der Waals surface area contributed by atoms with Gasteiger partial charge in [0.05, 0.1) is 0 Å². The van der Waals surface area contributed by atoms with Crippen LogP contribution in [0.2, 0.25) is 0 Å². The number of carbonyl (C=O) groups excluding carboxylic acids is 1. The van der Waals surface area contributed by atoms with Crippen LogP contribution in [0.3, 0.4) is 0 Å². The number of ether oxygens (including phenoxy) is 1. The first-order chi connectivity index (χ1) is 11.7. The third-order valence-corrected chi connectivity index (χ3v) is 4.54. The number of anilines is 1. The lowest BCUT2D eigenvalue weighted by Gasteiger charge is -2.25. The van der Waals surface area contributed by atoms with Gasteiger partial charge in [-0.1, -0.05) is 18.2 Å². The molecule has 0 aliphatic carbocycles. The first-order valence-corrected chi connectivity index (χ1v) is 8.55. The summed E-state index contributed by atoms with van der Waals surface area (Å²) in [5.74, 6) is 0.841. The molecule has 2 aromatic rings. The molecule has 24 heavy (non-hydrogen) atoms. The molecule has 1 aliphatic rings. The van der Waals surface area contributed by atoms with E-state index in [1.807, 2.05) is 24.3 Å². The van der Waals surface area contributed by atoms with Crippen LogP contribution in [0.15, 0.2) is 48.5 Å². The zero-order valence-corrected chi connectivity index (χ0v) is 14.6. The average Bonchev–Trinajstić information content (AvgIpc) is 2.62. The summed E-state index contributed by atoms with van der Waals surface area (Å²) in [5, 5.41) is -0.445. The molecule has 0 saturated carbocycles. The number of carbonyl (C=O) groups is 1. The highest BCUT2D eigenvalue weighted by atomic mass is 35.5. The van der Waals surface area contributed by atoms with Gasteiger partial charge in [-0.3, -0.25) is 4.79 Å². The molecule has 0 bridgehead atoms. The molecular formula is C20H20ClNO2. The van der Waals surface area contributed by atoms with Gasteiger partial charge >= 0.3 is 0 Å². The van der Waals surface area contributed by atoms with Gasteiger partial charge in [0.2, 0.25) is 0 Å². The van der Waals surface area contributed by atoms with Gasteiger partial charge in [0, 0.05) is 36.0 Å². The van der Waals surface area contributed by atoms with E-state index in [0.717, 1.165) is 41.2 Å². The second-order valence-electron chi connectivity index (χ2n) is 5.60. The number of rotatable bonds is 5. The molecule has 0 saturated heterocycles. The Bertz CT molecular complexity index is 794. The second kappa shape index (κ2) is 7.10. The molecule has 0 atom stereocenters. The van der Waals surface area contributed by atoms with Crippen LogP contribution in [-0.4, -0.2) is 24.9 Å². The Kier molecular flexibility index (Phi) is 4.91. The average molecular weight is 342 g/mol. The van der Waals surface area contributed by atoms with E-state index in [0.29, 0.717) is 12.2 Å². The highest BCUT2D eigenvalue weighted by Gasteiger charge is 2.20. The van der Waals surface area contributed by atoms with Crippen molar-refractivity contribution in [2.45, 2.75) is 13.8 Å². The minimum atomic E-state index is -0.445. The van der Waals surface area contributed by atoms with E-state index in [9.17, 15) is 4.79 Å². The number of nitrogens with zero attached hydrogens (tertiary/aromatic N) is 1. The summed E-state index contributed by atoms with van der Waals surface area (Å²) in [5.41, 5.74) is 4.49. The Hall–Kier alpha value is -2.26. The lowest BCUT2D eigenvalue weighted by molar-refractivity contribution is 0.108. The largest absolute Gasteiger partial charge is 0.489 e. The summed E-state index contributed by atoms with van der Waals surface area (Å²) in [6, 6.07) is 13.6. The fraction of sp³-hybridized carbons (Fsp3) is 0.250. The van der Waals surface area contributed by atoms with Gasteiger partial charge in [0.25, 0.3) is 5.24 Å². The van der Waals surface area contributed by atoms with E-state index < -0.39 is 5.24 Å². The van der Waals surface area contributed by atoms with E-state index in [-0.39, 0.29) is 0 Å². The maximum absolute atomic E-state index is 11.7. The van der Waals surface area contributed by atoms with Crippen LogP contribution in [0.4, 0.5) is 5.69 Å². The predicted molar refractivity (Wildman–Crippen MR) is 99.2 cm³/mol. The number of fused-ring (bicyclic) bond motifs is 1. The lowest BCUT2D eigenvalue weighted by atomic mass is 9.92. The van der Waals surface area contributed by atoms with Crippen molar-refractivity contribution in [1.82, 2.24) is 0 Å². The molecule has 0 N–H and O–H groups in total. The maximum atomic E-state index is 11.7. The van der Waals surface area contributed by atoms with Gasteiger partial charge in [0.1, 0.15) is 12.4 Å². The third kappa shape index (κ3) is 3.04. The molecule has 1 heterocycles. The predicted octanol–water partition coefficient (Wildman–Crippen LogP) is 4.74. The Morgan fingerprint density at radius 2 is 1.88 bits per heavy atom. The van der Waals surface area contributed by atoms with Gasteiger partial charge in [-0.05, 0) is 60.9 Å². The fourth-order valence-corrected chi connectivity index (χ4v) is 3.27. The first-order valence-electron chi connectivity index (χ1n) is 8.17. The normalized spacial score (nSPS) is 12.9. The van der Waals surface area contributed by atoms with Crippen molar-refractivity contribution in [1.29, 1.82) is 0 Å². The summed E-state index contributed by atoms with van der Waals surface area (Å²) in [6.07, 6.45) is 2.00. The molecule has 0 fully saturated rings. The summed E-state index contributed by atoms with van der Waals surface area (Å²) in [6.45, 7) is 6.65. The summed E-state index contributed by atoms with van der Waals surface area (Å²) in [4.78, 5) is 14.0. The molecule has 3 rings (SSSR count). The van der Waals surface area contributed by atoms with Gasteiger partial charge in [-0.15, -0.1) is 0 Å². The SMILES string of the molecule is CCN(CC)c1ccc2c(c1)OCC=C2c1ccccc1C(=O)Cl. The zero-order valence-electron chi connectivity index (χ0n) is 13.9. The molecule has 4 heteroatoms. The van der Waals surface area contributed by atoms with Crippen molar-refractivity contribution in [3.05, 3.63) is 65.2 Å². The zero-order chi connectivity index (χ0) is 17.1. The Balaban J connectivity index is 2.06. The minimum Gasteiger partial charge on any atom is -0.489 e. The van der Waals surface area contributed by atoms with Crippen LogP contribution in [-0.2, 0) is 0 Å². The number of halogens is 1. The molecule has 0 unspecified atom stereocenters. The van der Waals surface area contributed by atoms with Gasteiger partial charge in [-0.2, -0.15) is 0 Å². The van der Waals surface area contributed by atoms with Crippen molar-refractivity contribution in [3.63, 3.8) is 0 Å². The summed E-state index contributed by atoms with van der Waals surface area (Å²) in [7, 11) is 0. The molecule has 2 aromatic carbocycles. The first kappa shape index (κ1) is 16.6. The van der Waals surface area contributed by atoms with Gasteiger partial charge < -0.3 is 9.64 Å². The van der Waals surface area contributed by atoms with Crippen molar-refractivity contribution < 1.29 is 9.53 Å². The van der Waals surface area contributed by atoms with E-state index >= 15 is 0 Å². The molecule has 0 aromatic heterocycles. The molecule has 0 radical (unpaired) electrons. The summed E-state index contributed by atoms with van der Waals surface area (Å²) < 4.78 is 5.83. The molecule has 0 amide bonds. The Morgan fingerprint density at radius 1 is 1.12 bits per heavy atom. The Morgan fingerprint density at radius 3 is 2.58 bits per heavy atom. The van der Waals surface area contributed by atoms with Crippen molar-refractivity contribution in [2.24, 2.45) is 0 Å². The molecular weight excluding hydrogens is 322 g/mol. The van der Waals surface area contributed by atoms with E-state index in [2.05, 4.69) is 36.9 Å². The van der Waals surface area contributed by atoms with Crippen molar-refractivity contribution in [2.75, 3.05) is 24.6 Å². The second-order valence-corrected chi connectivity index (χ2v) is 5.94. The minimum absolute atomic E-state index is 0.445.